The maximum Gasteiger partial charge on any atom is 0.0587 e. The number of hydrogen-bond acceptors (Lipinski definition) is 3. The SMILES string of the molecule is Cc1csc(CNCCN(C)C)c1Cl. The van der Waals surface area contributed by atoms with Crippen molar-refractivity contribution in [3.8, 4) is 0 Å². The minimum absolute atomic E-state index is 0.880. The van der Waals surface area contributed by atoms with Crippen molar-refractivity contribution in [1.29, 1.82) is 0 Å². The molecule has 0 spiro atoms. The van der Waals surface area contributed by atoms with Gasteiger partial charge in [0.2, 0.25) is 0 Å². The van der Waals surface area contributed by atoms with Gasteiger partial charge in [0.05, 0.1) is 5.02 Å². The highest BCUT2D eigenvalue weighted by Gasteiger charge is 2.04. The smallest absolute Gasteiger partial charge is 0.0587 e. The first-order chi connectivity index (χ1) is 6.61. The summed E-state index contributed by atoms with van der Waals surface area (Å²) >= 11 is 7.84. The monoisotopic (exact) mass is 232 g/mol. The minimum atomic E-state index is 0.880. The normalized spacial score (nSPS) is 11.2. The van der Waals surface area contributed by atoms with Crippen LogP contribution in [0.3, 0.4) is 0 Å². The van der Waals surface area contributed by atoms with Gasteiger partial charge in [-0.1, -0.05) is 11.6 Å². The molecule has 0 saturated carbocycles. The van der Waals surface area contributed by atoms with E-state index in [1.807, 2.05) is 6.92 Å². The summed E-state index contributed by atoms with van der Waals surface area (Å²) in [6.07, 6.45) is 0. The molecule has 0 fully saturated rings. The maximum atomic E-state index is 6.11. The van der Waals surface area contributed by atoms with Gasteiger partial charge in [0, 0.05) is 24.5 Å². The fourth-order valence-electron chi connectivity index (χ4n) is 1.11. The van der Waals surface area contributed by atoms with Crippen LogP contribution >= 0.6 is 22.9 Å². The Bertz CT molecular complexity index is 284. The van der Waals surface area contributed by atoms with Gasteiger partial charge in [-0.15, -0.1) is 11.3 Å². The van der Waals surface area contributed by atoms with E-state index in [1.165, 1.54) is 10.4 Å². The third kappa shape index (κ3) is 3.58. The molecule has 0 radical (unpaired) electrons. The zero-order valence-corrected chi connectivity index (χ0v) is 10.5. The number of nitrogens with zero attached hydrogens (tertiary/aromatic N) is 1. The van der Waals surface area contributed by atoms with Crippen molar-refractivity contribution in [2.45, 2.75) is 13.5 Å². The van der Waals surface area contributed by atoms with Crippen LogP contribution in [-0.2, 0) is 6.54 Å². The van der Waals surface area contributed by atoms with E-state index in [2.05, 4.69) is 29.7 Å². The Hall–Kier alpha value is -0.0900. The van der Waals surface area contributed by atoms with Crippen molar-refractivity contribution < 1.29 is 0 Å². The van der Waals surface area contributed by atoms with Crippen LogP contribution in [0.2, 0.25) is 5.02 Å². The molecule has 0 aliphatic rings. The summed E-state index contributed by atoms with van der Waals surface area (Å²) in [5.41, 5.74) is 1.18. The molecule has 0 bridgehead atoms. The van der Waals surface area contributed by atoms with E-state index in [9.17, 15) is 0 Å². The summed E-state index contributed by atoms with van der Waals surface area (Å²) in [6.45, 7) is 4.98. The highest BCUT2D eigenvalue weighted by atomic mass is 35.5. The molecule has 0 aliphatic heterocycles. The maximum absolute atomic E-state index is 6.11. The van der Waals surface area contributed by atoms with Gasteiger partial charge < -0.3 is 10.2 Å². The molecule has 0 atom stereocenters. The molecule has 1 heterocycles. The molecule has 0 aliphatic carbocycles. The Morgan fingerprint density at radius 3 is 2.71 bits per heavy atom. The third-order valence-electron chi connectivity index (χ3n) is 1.99. The summed E-state index contributed by atoms with van der Waals surface area (Å²) in [7, 11) is 4.15. The quantitative estimate of drug-likeness (QED) is 0.785. The van der Waals surface area contributed by atoms with E-state index in [1.54, 1.807) is 11.3 Å². The van der Waals surface area contributed by atoms with Crippen LogP contribution in [-0.4, -0.2) is 32.1 Å². The molecule has 1 aromatic heterocycles. The van der Waals surface area contributed by atoms with Crippen LogP contribution in [0.5, 0.6) is 0 Å². The molecule has 0 saturated heterocycles. The van der Waals surface area contributed by atoms with Gasteiger partial charge >= 0.3 is 0 Å². The minimum Gasteiger partial charge on any atom is -0.311 e. The molecule has 0 unspecified atom stereocenters. The van der Waals surface area contributed by atoms with Crippen molar-refractivity contribution in [2.75, 3.05) is 27.2 Å². The molecule has 0 amide bonds. The Morgan fingerprint density at radius 2 is 2.21 bits per heavy atom. The van der Waals surface area contributed by atoms with Crippen molar-refractivity contribution in [3.63, 3.8) is 0 Å². The summed E-state index contributed by atoms with van der Waals surface area (Å²) in [6, 6.07) is 0. The highest BCUT2D eigenvalue weighted by Crippen LogP contribution is 2.26. The van der Waals surface area contributed by atoms with Gasteiger partial charge in [-0.2, -0.15) is 0 Å². The average Bonchev–Trinajstić information content (AvgIpc) is 2.43. The van der Waals surface area contributed by atoms with Gasteiger partial charge in [0.1, 0.15) is 0 Å². The van der Waals surface area contributed by atoms with E-state index in [0.29, 0.717) is 0 Å². The molecule has 4 heteroatoms. The second-order valence-corrected chi connectivity index (χ2v) is 4.98. The van der Waals surface area contributed by atoms with Gasteiger partial charge in [-0.3, -0.25) is 0 Å². The predicted molar refractivity (Wildman–Crippen MR) is 64.3 cm³/mol. The molecular formula is C10H17ClN2S. The second-order valence-electron chi connectivity index (χ2n) is 3.64. The molecule has 1 rings (SSSR count). The Labute approximate surface area is 94.9 Å². The number of halogens is 1. The van der Waals surface area contributed by atoms with Gasteiger partial charge in [-0.25, -0.2) is 0 Å². The second kappa shape index (κ2) is 5.71. The Morgan fingerprint density at radius 1 is 1.50 bits per heavy atom. The van der Waals surface area contributed by atoms with Crippen LogP contribution in [0.25, 0.3) is 0 Å². The lowest BCUT2D eigenvalue weighted by Gasteiger charge is -2.09. The number of rotatable bonds is 5. The lowest BCUT2D eigenvalue weighted by atomic mass is 10.3. The van der Waals surface area contributed by atoms with Crippen molar-refractivity contribution in [3.05, 3.63) is 20.8 Å². The van der Waals surface area contributed by atoms with Crippen LogP contribution in [0.15, 0.2) is 5.38 Å². The van der Waals surface area contributed by atoms with Gasteiger partial charge in [0.25, 0.3) is 0 Å². The van der Waals surface area contributed by atoms with E-state index in [-0.39, 0.29) is 0 Å². The van der Waals surface area contributed by atoms with E-state index < -0.39 is 0 Å². The summed E-state index contributed by atoms with van der Waals surface area (Å²) in [5, 5.41) is 6.40. The third-order valence-corrected chi connectivity index (χ3v) is 3.73. The molecule has 1 N–H and O–H groups in total. The summed E-state index contributed by atoms with van der Waals surface area (Å²) < 4.78 is 0. The molecule has 0 aromatic carbocycles. The molecule has 14 heavy (non-hydrogen) atoms. The zero-order chi connectivity index (χ0) is 10.6. The standard InChI is InChI=1S/C10H17ClN2S/c1-8-7-14-9(10(8)11)6-12-4-5-13(2)3/h7,12H,4-6H2,1-3H3. The molecular weight excluding hydrogens is 216 g/mol. The molecule has 1 aromatic rings. The lowest BCUT2D eigenvalue weighted by Crippen LogP contribution is -2.25. The summed E-state index contributed by atoms with van der Waals surface area (Å²) in [4.78, 5) is 3.40. The Balaban J connectivity index is 2.28. The van der Waals surface area contributed by atoms with E-state index >= 15 is 0 Å². The number of nitrogens with one attached hydrogen (secondary N) is 1. The van der Waals surface area contributed by atoms with Crippen LogP contribution < -0.4 is 5.32 Å². The van der Waals surface area contributed by atoms with Crippen molar-refractivity contribution in [2.24, 2.45) is 0 Å². The largest absolute Gasteiger partial charge is 0.311 e. The van der Waals surface area contributed by atoms with Crippen LogP contribution in [0.4, 0.5) is 0 Å². The van der Waals surface area contributed by atoms with Gasteiger partial charge in [-0.05, 0) is 32.0 Å². The predicted octanol–water partition coefficient (Wildman–Crippen LogP) is 2.36. The van der Waals surface area contributed by atoms with Crippen molar-refractivity contribution >= 4 is 22.9 Å². The molecule has 2 nitrogen and oxygen atoms in total. The Kier molecular flexibility index (Phi) is 4.89. The van der Waals surface area contributed by atoms with Crippen LogP contribution in [0, 0.1) is 6.92 Å². The number of aryl methyl sites for hydroxylation is 1. The van der Waals surface area contributed by atoms with E-state index in [4.69, 9.17) is 11.6 Å². The number of hydrogen-bond donors (Lipinski definition) is 1. The fourth-order valence-corrected chi connectivity index (χ4v) is 2.31. The van der Waals surface area contributed by atoms with Crippen molar-refractivity contribution in [1.82, 2.24) is 10.2 Å². The topological polar surface area (TPSA) is 15.3 Å². The zero-order valence-electron chi connectivity index (χ0n) is 8.93. The first-order valence-electron chi connectivity index (χ1n) is 4.69. The fraction of sp³-hybridized carbons (Fsp3) is 0.600. The highest BCUT2D eigenvalue weighted by molar-refractivity contribution is 7.10. The lowest BCUT2D eigenvalue weighted by molar-refractivity contribution is 0.400. The summed E-state index contributed by atoms with van der Waals surface area (Å²) in [5.74, 6) is 0. The van der Waals surface area contributed by atoms with E-state index in [0.717, 1.165) is 24.7 Å². The van der Waals surface area contributed by atoms with Crippen LogP contribution in [0.1, 0.15) is 10.4 Å². The average molecular weight is 233 g/mol. The number of thiophene rings is 1. The number of likely N-dealkylation sites (N-methyl/N-ethyl adjacent to an activating group) is 1. The first kappa shape index (κ1) is 12.0. The molecule has 80 valence electrons. The first-order valence-corrected chi connectivity index (χ1v) is 5.95. The van der Waals surface area contributed by atoms with Gasteiger partial charge in [0.15, 0.2) is 0 Å².